The van der Waals surface area contributed by atoms with Gasteiger partial charge in [-0.05, 0) is 59.0 Å². The second kappa shape index (κ2) is 5.81. The maximum absolute atomic E-state index is 11.2. The van der Waals surface area contributed by atoms with E-state index in [4.69, 9.17) is 0 Å². The monoisotopic (exact) mass is 354 g/mol. The third-order valence-corrected chi connectivity index (χ3v) is 3.02. The van der Waals surface area contributed by atoms with E-state index in [-0.39, 0.29) is 5.97 Å². The number of hydrogen-bond acceptors (Lipinski definition) is 4. The molecule has 5 heteroatoms. The Bertz CT molecular complexity index is 538. The molecule has 0 saturated heterocycles. The minimum absolute atomic E-state index is 0.386. The minimum atomic E-state index is -0.386. The lowest BCUT2D eigenvalue weighted by atomic mass is 10.3. The van der Waals surface area contributed by atoms with Crippen molar-refractivity contribution < 1.29 is 9.53 Å². The molecular weight excluding hydrogens is 343 g/mol. The lowest BCUT2D eigenvalue weighted by Gasteiger charge is -2.06. The van der Waals surface area contributed by atoms with Crippen LogP contribution in [0.5, 0.6) is 0 Å². The standard InChI is InChI=1S/C13H11IN2O2/c1-18-13(17)9-2-7-12(15-8-9)16-11-5-3-10(14)4-6-11/h2-8H,1H3,(H,15,16). The number of carbonyl (C=O) groups excluding carboxylic acids is 1. The number of aromatic nitrogens is 1. The fraction of sp³-hybridized carbons (Fsp3) is 0.0769. The normalized spacial score (nSPS) is 9.89. The van der Waals surface area contributed by atoms with Crippen molar-refractivity contribution in [1.29, 1.82) is 0 Å². The number of pyridine rings is 1. The van der Waals surface area contributed by atoms with Crippen LogP contribution < -0.4 is 5.32 Å². The number of methoxy groups -OCH3 is 1. The summed E-state index contributed by atoms with van der Waals surface area (Å²) >= 11 is 2.25. The van der Waals surface area contributed by atoms with Gasteiger partial charge < -0.3 is 10.1 Å². The molecule has 18 heavy (non-hydrogen) atoms. The van der Waals surface area contributed by atoms with Crippen molar-refractivity contribution in [3.8, 4) is 0 Å². The zero-order chi connectivity index (χ0) is 13.0. The highest BCUT2D eigenvalue weighted by molar-refractivity contribution is 14.1. The van der Waals surface area contributed by atoms with Crippen molar-refractivity contribution >= 4 is 40.1 Å². The fourth-order valence-corrected chi connectivity index (χ4v) is 1.75. The summed E-state index contributed by atoms with van der Waals surface area (Å²) in [6.07, 6.45) is 1.49. The average Bonchev–Trinajstić information content (AvgIpc) is 2.41. The molecule has 0 aliphatic carbocycles. The molecule has 0 aliphatic rings. The van der Waals surface area contributed by atoms with Crippen LogP contribution in [0.25, 0.3) is 0 Å². The summed E-state index contributed by atoms with van der Waals surface area (Å²) in [4.78, 5) is 15.4. The summed E-state index contributed by atoms with van der Waals surface area (Å²) in [5, 5.41) is 3.15. The maximum atomic E-state index is 11.2. The van der Waals surface area contributed by atoms with Gasteiger partial charge in [0.2, 0.25) is 0 Å². The lowest BCUT2D eigenvalue weighted by molar-refractivity contribution is 0.0600. The van der Waals surface area contributed by atoms with E-state index in [2.05, 4.69) is 37.6 Å². The number of ether oxygens (including phenoxy) is 1. The van der Waals surface area contributed by atoms with Gasteiger partial charge in [0.15, 0.2) is 0 Å². The van der Waals surface area contributed by atoms with Gasteiger partial charge in [-0.2, -0.15) is 0 Å². The topological polar surface area (TPSA) is 51.2 Å². The molecule has 0 bridgehead atoms. The Labute approximate surface area is 119 Å². The largest absolute Gasteiger partial charge is 0.465 e. The van der Waals surface area contributed by atoms with E-state index in [0.717, 1.165) is 5.69 Å². The molecule has 0 fully saturated rings. The highest BCUT2D eigenvalue weighted by Gasteiger charge is 2.05. The predicted molar refractivity (Wildman–Crippen MR) is 78.0 cm³/mol. The molecule has 0 spiro atoms. The van der Waals surface area contributed by atoms with Gasteiger partial charge in [0.05, 0.1) is 12.7 Å². The third kappa shape index (κ3) is 3.19. The lowest BCUT2D eigenvalue weighted by Crippen LogP contribution is -2.02. The van der Waals surface area contributed by atoms with Gasteiger partial charge in [-0.25, -0.2) is 9.78 Å². The molecule has 92 valence electrons. The SMILES string of the molecule is COC(=O)c1ccc(Nc2ccc(I)cc2)nc1. The Morgan fingerprint density at radius 1 is 1.22 bits per heavy atom. The van der Waals surface area contributed by atoms with Gasteiger partial charge in [0.1, 0.15) is 5.82 Å². The molecule has 0 amide bonds. The number of carbonyl (C=O) groups is 1. The molecule has 0 saturated carbocycles. The van der Waals surface area contributed by atoms with Crippen LogP contribution in [-0.4, -0.2) is 18.1 Å². The molecule has 0 aliphatic heterocycles. The molecule has 1 N–H and O–H groups in total. The molecule has 4 nitrogen and oxygen atoms in total. The molecule has 2 aromatic rings. The van der Waals surface area contributed by atoms with E-state index >= 15 is 0 Å². The fourth-order valence-electron chi connectivity index (χ4n) is 1.39. The Kier molecular flexibility index (Phi) is 4.14. The van der Waals surface area contributed by atoms with Crippen LogP contribution in [0.15, 0.2) is 42.6 Å². The summed E-state index contributed by atoms with van der Waals surface area (Å²) in [6.45, 7) is 0. The van der Waals surface area contributed by atoms with Crippen LogP contribution in [-0.2, 0) is 4.74 Å². The first kappa shape index (κ1) is 12.8. The molecular formula is C13H11IN2O2. The Hall–Kier alpha value is -1.63. The Balaban J connectivity index is 2.10. The second-order valence-electron chi connectivity index (χ2n) is 3.56. The van der Waals surface area contributed by atoms with Gasteiger partial charge in [-0.1, -0.05) is 0 Å². The summed E-state index contributed by atoms with van der Waals surface area (Å²) in [7, 11) is 1.35. The minimum Gasteiger partial charge on any atom is -0.465 e. The number of nitrogens with zero attached hydrogens (tertiary/aromatic N) is 1. The van der Waals surface area contributed by atoms with Crippen molar-refractivity contribution in [2.24, 2.45) is 0 Å². The van der Waals surface area contributed by atoms with Gasteiger partial charge in [0.25, 0.3) is 0 Å². The highest BCUT2D eigenvalue weighted by Crippen LogP contribution is 2.16. The first-order valence-corrected chi connectivity index (χ1v) is 6.34. The van der Waals surface area contributed by atoms with Crippen molar-refractivity contribution in [3.05, 3.63) is 51.7 Å². The Morgan fingerprint density at radius 3 is 2.50 bits per heavy atom. The van der Waals surface area contributed by atoms with Gasteiger partial charge in [-0.3, -0.25) is 0 Å². The molecule has 1 aromatic carbocycles. The summed E-state index contributed by atoms with van der Waals surface area (Å²) in [5.74, 6) is 0.298. The number of esters is 1. The van der Waals surface area contributed by atoms with Crippen molar-refractivity contribution in [3.63, 3.8) is 0 Å². The van der Waals surface area contributed by atoms with E-state index in [9.17, 15) is 4.79 Å². The zero-order valence-electron chi connectivity index (χ0n) is 9.68. The number of rotatable bonds is 3. The summed E-state index contributed by atoms with van der Waals surface area (Å²) < 4.78 is 5.78. The molecule has 1 aromatic heterocycles. The molecule has 0 atom stereocenters. The summed E-state index contributed by atoms with van der Waals surface area (Å²) in [6, 6.07) is 11.4. The Morgan fingerprint density at radius 2 is 1.94 bits per heavy atom. The van der Waals surface area contributed by atoms with Crippen LogP contribution in [0.4, 0.5) is 11.5 Å². The van der Waals surface area contributed by atoms with E-state index in [1.165, 1.54) is 16.9 Å². The predicted octanol–water partition coefficient (Wildman–Crippen LogP) is 3.22. The van der Waals surface area contributed by atoms with Gasteiger partial charge >= 0.3 is 5.97 Å². The van der Waals surface area contributed by atoms with Crippen molar-refractivity contribution in [2.75, 3.05) is 12.4 Å². The number of nitrogens with one attached hydrogen (secondary N) is 1. The smallest absolute Gasteiger partial charge is 0.339 e. The van der Waals surface area contributed by atoms with Crippen LogP contribution in [0.3, 0.4) is 0 Å². The molecule has 0 unspecified atom stereocenters. The van der Waals surface area contributed by atoms with Gasteiger partial charge in [-0.15, -0.1) is 0 Å². The number of halogens is 1. The average molecular weight is 354 g/mol. The molecule has 2 rings (SSSR count). The van der Waals surface area contributed by atoms with Crippen molar-refractivity contribution in [1.82, 2.24) is 4.98 Å². The molecule has 0 radical (unpaired) electrons. The van der Waals surface area contributed by atoms with E-state index < -0.39 is 0 Å². The van der Waals surface area contributed by atoms with Crippen LogP contribution in [0, 0.1) is 3.57 Å². The number of anilines is 2. The van der Waals surface area contributed by atoms with E-state index in [1.807, 2.05) is 24.3 Å². The maximum Gasteiger partial charge on any atom is 0.339 e. The quantitative estimate of drug-likeness (QED) is 0.679. The zero-order valence-corrected chi connectivity index (χ0v) is 11.8. The van der Waals surface area contributed by atoms with Crippen molar-refractivity contribution in [2.45, 2.75) is 0 Å². The third-order valence-electron chi connectivity index (χ3n) is 2.30. The first-order valence-electron chi connectivity index (χ1n) is 5.26. The number of hydrogen-bond donors (Lipinski definition) is 1. The number of benzene rings is 1. The van der Waals surface area contributed by atoms with Crippen LogP contribution >= 0.6 is 22.6 Å². The highest BCUT2D eigenvalue weighted by atomic mass is 127. The second-order valence-corrected chi connectivity index (χ2v) is 4.80. The summed E-state index contributed by atoms with van der Waals surface area (Å²) in [5.41, 5.74) is 1.39. The molecule has 1 heterocycles. The van der Waals surface area contributed by atoms with Crippen LogP contribution in [0.1, 0.15) is 10.4 Å². The van der Waals surface area contributed by atoms with Gasteiger partial charge in [0, 0.05) is 15.5 Å². The van der Waals surface area contributed by atoms with E-state index in [1.54, 1.807) is 12.1 Å². The van der Waals surface area contributed by atoms with E-state index in [0.29, 0.717) is 11.4 Å². The van der Waals surface area contributed by atoms with Crippen LogP contribution in [0.2, 0.25) is 0 Å². The first-order chi connectivity index (χ1) is 8.69.